The fourth-order valence-electron chi connectivity index (χ4n) is 2.89. The Morgan fingerprint density at radius 1 is 0.649 bits per heavy atom. The summed E-state index contributed by atoms with van der Waals surface area (Å²) >= 11 is 13.0. The van der Waals surface area contributed by atoms with E-state index < -0.39 is 0 Å². The zero-order valence-corrected chi connectivity index (χ0v) is 27.5. The molecule has 0 aliphatic heterocycles. The zero-order chi connectivity index (χ0) is 25.9. The van der Waals surface area contributed by atoms with Crippen LogP contribution in [0.2, 0.25) is 0 Å². The molecule has 4 N–H and O–H groups in total. The summed E-state index contributed by atoms with van der Waals surface area (Å²) in [5.41, 5.74) is 0. The summed E-state index contributed by atoms with van der Waals surface area (Å²) in [6.45, 7) is 0. The molecule has 14 heteroatoms. The lowest BCUT2D eigenvalue weighted by atomic mass is 10.1. The fraction of sp³-hybridized carbons (Fsp3) is 0.739. The molecule has 0 radical (unpaired) electrons. The van der Waals surface area contributed by atoms with Crippen LogP contribution in [0.15, 0.2) is 29.3 Å². The Morgan fingerprint density at radius 2 is 1.08 bits per heavy atom. The van der Waals surface area contributed by atoms with Crippen LogP contribution in [0.3, 0.4) is 0 Å². The summed E-state index contributed by atoms with van der Waals surface area (Å²) in [5.74, 6) is 2.24. The van der Waals surface area contributed by atoms with Crippen LogP contribution in [-0.4, -0.2) is 65.9 Å². The first-order chi connectivity index (χ1) is 17.8. The highest BCUT2D eigenvalue weighted by atomic mass is 127. The highest BCUT2D eigenvalue weighted by molar-refractivity contribution is 14.1. The van der Waals surface area contributed by atoms with Gasteiger partial charge in [-0.3, -0.25) is 20.4 Å². The summed E-state index contributed by atoms with van der Waals surface area (Å²) < 4.78 is 3.17. The summed E-state index contributed by atoms with van der Waals surface area (Å²) in [7, 11) is 0. The lowest BCUT2D eigenvalue weighted by molar-refractivity contribution is 0.629. The fourth-order valence-corrected chi connectivity index (χ4v) is 5.64. The quantitative estimate of drug-likeness (QED) is 0.0332. The largest absolute Gasteiger partial charge is 0.288 e. The van der Waals surface area contributed by atoms with Crippen LogP contribution < -0.4 is 0 Å². The van der Waals surface area contributed by atoms with E-state index in [2.05, 4.69) is 103 Å². The van der Waals surface area contributed by atoms with Crippen LogP contribution >= 0.6 is 80.9 Å². The van der Waals surface area contributed by atoms with E-state index in [4.69, 9.17) is 0 Å². The molecule has 0 fully saturated rings. The minimum Gasteiger partial charge on any atom is -0.288 e. The van der Waals surface area contributed by atoms with Crippen molar-refractivity contribution in [1.29, 1.82) is 0 Å². The predicted molar refractivity (Wildman–Crippen MR) is 178 cm³/mol. The molecular weight excluding hydrogens is 752 g/mol. The number of rotatable bonds is 18. The van der Waals surface area contributed by atoms with E-state index in [0.717, 1.165) is 21.8 Å². The average Bonchev–Trinajstić information content (AvgIpc) is 3.68. The van der Waals surface area contributed by atoms with Crippen molar-refractivity contribution in [3.05, 3.63) is 23.8 Å². The van der Waals surface area contributed by atoms with Gasteiger partial charge in [0.05, 0.1) is 0 Å². The van der Waals surface area contributed by atoms with Gasteiger partial charge >= 0.3 is 0 Å². The van der Waals surface area contributed by atoms with Gasteiger partial charge in [-0.15, -0.1) is 0 Å². The summed E-state index contributed by atoms with van der Waals surface area (Å²) in [6, 6.07) is 0. The maximum Gasteiger partial charge on any atom is 0.213 e. The highest BCUT2D eigenvalue weighted by Gasteiger charge is 1.98. The number of hydrogen-bond donors (Lipinski definition) is 4. The van der Waals surface area contributed by atoms with Gasteiger partial charge in [-0.1, -0.05) is 127 Å². The normalized spacial score (nSPS) is 10.1. The van der Waals surface area contributed by atoms with Crippen molar-refractivity contribution in [2.75, 3.05) is 20.4 Å². The topological polar surface area (TPSA) is 128 Å². The molecule has 0 spiro atoms. The smallest absolute Gasteiger partial charge is 0.213 e. The number of hydrogen-bond acceptors (Lipinski definition) is 8. The van der Waals surface area contributed by atoms with Crippen LogP contribution in [-0.2, 0) is 0 Å². The third kappa shape index (κ3) is 24.6. The van der Waals surface area contributed by atoms with E-state index in [1.807, 2.05) is 0 Å². The van der Waals surface area contributed by atoms with Crippen molar-refractivity contribution >= 4 is 80.9 Å². The van der Waals surface area contributed by atoms with Gasteiger partial charge in [-0.05, 0) is 46.8 Å². The summed E-state index contributed by atoms with van der Waals surface area (Å²) in [4.78, 5) is 11.8. The van der Waals surface area contributed by atoms with E-state index in [1.165, 1.54) is 92.2 Å². The van der Waals surface area contributed by atoms with Crippen molar-refractivity contribution in [3.63, 3.8) is 0 Å². The standard InChI is InChI=1S/C12H20N6S2.C8H16I2.C2H3N3S.CH4/c1(3-5-7-19-11-13-9-15-17-11)2-4-6-8-20-12-14-10-16-18-12;9-7-5-3-1-2-4-6-8-10;6-2-3-1-4-5-2;/h9-10H,1-8H2,(H,13,15,17)(H,14,16,18);1-8H2;1H,(H2,3,4,5,6);1H4. The first-order valence-electron chi connectivity index (χ1n) is 12.4. The van der Waals surface area contributed by atoms with E-state index >= 15 is 0 Å². The molecule has 0 unspecified atom stereocenters. The first kappa shape index (κ1) is 36.8. The monoisotopic (exact) mass is 795 g/mol. The van der Waals surface area contributed by atoms with Gasteiger partial charge in [-0.2, -0.15) is 10.2 Å². The molecule has 0 atom stereocenters. The number of nitrogens with one attached hydrogen (secondary N) is 4. The van der Waals surface area contributed by atoms with Gasteiger partial charge in [0.25, 0.3) is 0 Å². The molecule has 37 heavy (non-hydrogen) atoms. The lowest BCUT2D eigenvalue weighted by Gasteiger charge is -2.01. The Labute approximate surface area is 263 Å². The van der Waals surface area contributed by atoms with Crippen LogP contribution in [0, 0.1) is 4.77 Å². The summed E-state index contributed by atoms with van der Waals surface area (Å²) in [6.07, 6.45) is 21.0. The van der Waals surface area contributed by atoms with Crippen molar-refractivity contribution in [2.45, 2.75) is 94.8 Å². The second kappa shape index (κ2) is 28.8. The molecule has 0 aliphatic carbocycles. The first-order valence-corrected chi connectivity index (χ1v) is 17.9. The second-order valence-corrected chi connectivity index (χ2v) is 12.4. The van der Waals surface area contributed by atoms with Gasteiger partial charge in [0.15, 0.2) is 10.3 Å². The van der Waals surface area contributed by atoms with E-state index in [-0.39, 0.29) is 7.43 Å². The Balaban J connectivity index is 0.000000634. The molecule has 0 saturated carbocycles. The molecule has 9 nitrogen and oxygen atoms in total. The number of aromatic nitrogens is 9. The molecular formula is C23H43I2N9S3. The number of halogens is 2. The molecule has 3 rings (SSSR count). The molecule has 0 bridgehead atoms. The second-order valence-electron chi connectivity index (χ2n) is 7.73. The molecule has 0 aromatic carbocycles. The van der Waals surface area contributed by atoms with Gasteiger partial charge in [0.1, 0.15) is 19.0 Å². The number of aromatic amines is 4. The van der Waals surface area contributed by atoms with Crippen molar-refractivity contribution in [3.8, 4) is 0 Å². The van der Waals surface area contributed by atoms with Gasteiger partial charge < -0.3 is 0 Å². The average molecular weight is 796 g/mol. The maximum atomic E-state index is 4.55. The number of H-pyrrole nitrogens is 4. The van der Waals surface area contributed by atoms with Crippen molar-refractivity contribution in [1.82, 2.24) is 45.5 Å². The molecule has 212 valence electrons. The van der Waals surface area contributed by atoms with E-state index in [0.29, 0.717) is 4.77 Å². The van der Waals surface area contributed by atoms with Crippen molar-refractivity contribution < 1.29 is 0 Å². The minimum absolute atomic E-state index is 0. The van der Waals surface area contributed by atoms with Crippen LogP contribution in [0.5, 0.6) is 0 Å². The zero-order valence-electron chi connectivity index (χ0n) is 20.8. The van der Waals surface area contributed by atoms with Crippen molar-refractivity contribution in [2.24, 2.45) is 0 Å². The van der Waals surface area contributed by atoms with E-state index in [9.17, 15) is 0 Å². The van der Waals surface area contributed by atoms with Gasteiger partial charge in [0, 0.05) is 11.5 Å². The van der Waals surface area contributed by atoms with Gasteiger partial charge in [-0.25, -0.2) is 15.0 Å². The maximum absolute atomic E-state index is 4.55. The Morgan fingerprint density at radius 3 is 1.38 bits per heavy atom. The number of nitrogens with zero attached hydrogens (tertiary/aromatic N) is 5. The molecule has 0 saturated heterocycles. The lowest BCUT2D eigenvalue weighted by Crippen LogP contribution is -1.86. The molecule has 3 heterocycles. The predicted octanol–water partition coefficient (Wildman–Crippen LogP) is 8.45. The molecule has 3 aromatic heterocycles. The minimum atomic E-state index is 0. The summed E-state index contributed by atoms with van der Waals surface area (Å²) in [5, 5.41) is 20.4. The third-order valence-corrected chi connectivity index (χ3v) is 8.40. The Bertz CT molecular complexity index is 779. The number of unbranched alkanes of at least 4 members (excludes halogenated alkanes) is 10. The highest BCUT2D eigenvalue weighted by Crippen LogP contribution is 2.17. The third-order valence-electron chi connectivity index (χ3n) is 4.74. The number of thioether (sulfide) groups is 2. The molecule has 0 amide bonds. The Kier molecular flexibility index (Phi) is 28.6. The van der Waals surface area contributed by atoms with Crippen LogP contribution in [0.1, 0.15) is 84.5 Å². The Hall–Kier alpha value is -0.200. The molecule has 3 aromatic rings. The van der Waals surface area contributed by atoms with Crippen LogP contribution in [0.25, 0.3) is 0 Å². The van der Waals surface area contributed by atoms with Gasteiger partial charge in [0.2, 0.25) is 4.77 Å². The number of alkyl halides is 2. The van der Waals surface area contributed by atoms with Crippen LogP contribution in [0.4, 0.5) is 0 Å². The SMILES string of the molecule is C.ICCCCCCCCI.S=c1nc[nH][nH]1.c1n[nH]c(SCCCCCCCCSc2ncn[nH]2)n1. The molecule has 0 aliphatic rings. The van der Waals surface area contributed by atoms with E-state index in [1.54, 1.807) is 36.2 Å².